The van der Waals surface area contributed by atoms with Gasteiger partial charge in [0, 0.05) is 55.3 Å². The number of ether oxygens (including phenoxy) is 3. The number of anilines is 1. The van der Waals surface area contributed by atoms with Gasteiger partial charge in [0.05, 0.1) is 29.6 Å². The summed E-state index contributed by atoms with van der Waals surface area (Å²) in [5.74, 6) is -2.33. The molecule has 0 radical (unpaired) electrons. The number of halogens is 6. The predicted octanol–water partition coefficient (Wildman–Crippen LogP) is 6.87. The summed E-state index contributed by atoms with van der Waals surface area (Å²) in [6, 6.07) is 3.28. The average molecular weight is 882 g/mol. The van der Waals surface area contributed by atoms with Crippen molar-refractivity contribution in [2.75, 3.05) is 50.8 Å². The fourth-order valence-corrected chi connectivity index (χ4v) is 8.77. The maximum Gasteiger partial charge on any atom is 0.471 e. The van der Waals surface area contributed by atoms with Crippen LogP contribution < -0.4 is 19.7 Å². The number of terminal acetylenes is 1. The molecule has 63 heavy (non-hydrogen) atoms. The lowest BCUT2D eigenvalue weighted by molar-refractivity contribution is -0.188. The third kappa shape index (κ3) is 9.27. The van der Waals surface area contributed by atoms with Crippen molar-refractivity contribution in [2.45, 2.75) is 89.3 Å². The largest absolute Gasteiger partial charge is 0.471 e. The van der Waals surface area contributed by atoms with Gasteiger partial charge in [0.15, 0.2) is 5.82 Å². The van der Waals surface area contributed by atoms with Gasteiger partial charge in [-0.2, -0.15) is 23.1 Å². The van der Waals surface area contributed by atoms with Crippen LogP contribution in [0.4, 0.5) is 37.0 Å². The molecule has 3 saturated heterocycles. The van der Waals surface area contributed by atoms with Crippen molar-refractivity contribution in [2.24, 2.45) is 5.41 Å². The first kappa shape index (κ1) is 43.7. The molecule has 1 aliphatic carbocycles. The number of fused-ring (bicyclic) bond motifs is 4. The van der Waals surface area contributed by atoms with Crippen LogP contribution in [0.3, 0.4) is 0 Å². The lowest BCUT2D eigenvalue weighted by atomic mass is 9.95. The lowest BCUT2D eigenvalue weighted by Gasteiger charge is -2.42. The van der Waals surface area contributed by atoms with Crippen LogP contribution in [-0.4, -0.2) is 119 Å². The molecular formula is C44H45F6N7O6. The minimum atomic E-state index is -5.06. The van der Waals surface area contributed by atoms with Crippen LogP contribution >= 0.6 is 0 Å². The second kappa shape index (κ2) is 16.7. The number of aromatic nitrogens is 3. The van der Waals surface area contributed by atoms with Gasteiger partial charge >= 0.3 is 30.2 Å². The first-order valence-corrected chi connectivity index (χ1v) is 20.7. The summed E-state index contributed by atoms with van der Waals surface area (Å²) in [5.41, 5.74) is -2.07. The van der Waals surface area contributed by atoms with E-state index in [2.05, 4.69) is 31.1 Å². The van der Waals surface area contributed by atoms with Gasteiger partial charge in [-0.25, -0.2) is 22.8 Å². The number of benzene rings is 2. The minimum Gasteiger partial charge on any atom is -0.463 e. The molecule has 1 saturated carbocycles. The smallest absolute Gasteiger partial charge is 0.463 e. The quantitative estimate of drug-likeness (QED) is 0.0773. The molecule has 13 nitrogen and oxygen atoms in total. The van der Waals surface area contributed by atoms with Crippen LogP contribution in [0.5, 0.6) is 11.8 Å². The summed E-state index contributed by atoms with van der Waals surface area (Å²) in [5, 5.41) is 2.71. The number of carbonyl (C=O) groups excluding carboxylic acids is 3. The second-order valence-electron chi connectivity index (χ2n) is 17.7. The molecule has 334 valence electrons. The molecule has 0 spiro atoms. The predicted molar refractivity (Wildman–Crippen MR) is 218 cm³/mol. The van der Waals surface area contributed by atoms with Crippen molar-refractivity contribution in [3.63, 3.8) is 0 Å². The molecule has 1 N–H and O–H groups in total. The first-order valence-electron chi connectivity index (χ1n) is 20.7. The van der Waals surface area contributed by atoms with Crippen molar-refractivity contribution in [1.82, 2.24) is 30.1 Å². The van der Waals surface area contributed by atoms with E-state index >= 15 is 8.78 Å². The van der Waals surface area contributed by atoms with E-state index < -0.39 is 66.2 Å². The number of piperazine rings is 1. The Kier molecular flexibility index (Phi) is 11.6. The van der Waals surface area contributed by atoms with Gasteiger partial charge in [-0.1, -0.05) is 12.0 Å². The fourth-order valence-electron chi connectivity index (χ4n) is 8.77. The normalized spacial score (nSPS) is 20.1. The van der Waals surface area contributed by atoms with Gasteiger partial charge in [0.2, 0.25) is 0 Å². The third-order valence-corrected chi connectivity index (χ3v) is 11.9. The van der Waals surface area contributed by atoms with Crippen molar-refractivity contribution in [3.8, 4) is 35.4 Å². The number of nitrogens with zero attached hydrogens (tertiary/aromatic N) is 6. The zero-order chi connectivity index (χ0) is 45.0. The van der Waals surface area contributed by atoms with Crippen LogP contribution in [0.25, 0.3) is 32.9 Å². The molecule has 4 fully saturated rings. The van der Waals surface area contributed by atoms with Gasteiger partial charge in [0.25, 0.3) is 0 Å². The number of rotatable bonds is 10. The van der Waals surface area contributed by atoms with E-state index in [9.17, 15) is 31.9 Å². The van der Waals surface area contributed by atoms with Gasteiger partial charge in [0.1, 0.15) is 46.9 Å². The molecule has 2 aromatic carbocycles. The van der Waals surface area contributed by atoms with E-state index in [4.69, 9.17) is 20.6 Å². The monoisotopic (exact) mass is 881 g/mol. The highest BCUT2D eigenvalue weighted by Gasteiger charge is 2.52. The molecule has 2 bridgehead atoms. The summed E-state index contributed by atoms with van der Waals surface area (Å²) in [7, 11) is 0. The summed E-state index contributed by atoms with van der Waals surface area (Å²) >= 11 is 0. The Bertz CT molecular complexity index is 2500. The lowest BCUT2D eigenvalue weighted by Crippen LogP contribution is -2.59. The molecule has 2 unspecified atom stereocenters. The van der Waals surface area contributed by atoms with E-state index in [-0.39, 0.29) is 81.2 Å². The second-order valence-corrected chi connectivity index (χ2v) is 17.7. The molecule has 2 aromatic heterocycles. The number of hydrogen-bond donors (Lipinski definition) is 1. The minimum absolute atomic E-state index is 0.0483. The number of nitrogens with one attached hydrogen (secondary N) is 1. The number of amides is 2. The zero-order valence-corrected chi connectivity index (χ0v) is 34.8. The number of alkyl carbamates (subject to hydrolysis) is 1. The number of hydrogen-bond acceptors (Lipinski definition) is 11. The molecule has 2 amide bonds. The molecule has 3 aliphatic heterocycles. The Hall–Kier alpha value is -5.90. The van der Waals surface area contributed by atoms with Crippen LogP contribution in [0, 0.1) is 29.4 Å². The van der Waals surface area contributed by atoms with Crippen molar-refractivity contribution >= 4 is 45.5 Å². The molecule has 8 rings (SSSR count). The highest BCUT2D eigenvalue weighted by atomic mass is 19.4. The summed E-state index contributed by atoms with van der Waals surface area (Å²) in [4.78, 5) is 56.0. The maximum absolute atomic E-state index is 17.4. The number of likely N-dealkylation sites (tertiary alicyclic amines) is 1. The first-order chi connectivity index (χ1) is 29.8. The number of esters is 1. The van der Waals surface area contributed by atoms with Crippen LogP contribution in [0.2, 0.25) is 0 Å². The molecule has 4 aromatic rings. The summed E-state index contributed by atoms with van der Waals surface area (Å²) < 4.78 is 104. The van der Waals surface area contributed by atoms with Crippen molar-refractivity contribution in [3.05, 3.63) is 47.7 Å². The Balaban J connectivity index is 1.18. The average Bonchev–Trinajstić information content (AvgIpc) is 3.94. The molecule has 5 heterocycles. The van der Waals surface area contributed by atoms with Gasteiger partial charge in [-0.15, -0.1) is 6.42 Å². The Labute approximate surface area is 358 Å². The van der Waals surface area contributed by atoms with Gasteiger partial charge in [-0.3, -0.25) is 9.78 Å². The number of pyridine rings is 1. The van der Waals surface area contributed by atoms with Crippen LogP contribution in [-0.2, 0) is 14.3 Å². The summed E-state index contributed by atoms with van der Waals surface area (Å²) in [6.07, 6.45) is 3.44. The van der Waals surface area contributed by atoms with E-state index in [0.717, 1.165) is 23.8 Å². The third-order valence-electron chi connectivity index (χ3n) is 11.9. The highest BCUT2D eigenvalue weighted by Crippen LogP contribution is 2.47. The van der Waals surface area contributed by atoms with Gasteiger partial charge in [-0.05, 0) is 82.9 Å². The molecule has 4 aliphatic rings. The molecule has 2 atom stereocenters. The number of piperidine rings is 1. The Morgan fingerprint density at radius 1 is 1.00 bits per heavy atom. The number of alkyl halides is 4. The fraction of sp³-hybridized carbons (Fsp3) is 0.500. The van der Waals surface area contributed by atoms with Crippen LogP contribution in [0.1, 0.15) is 64.9 Å². The maximum atomic E-state index is 17.4. The Morgan fingerprint density at radius 2 is 1.70 bits per heavy atom. The van der Waals surface area contributed by atoms with E-state index in [1.807, 2.05) is 0 Å². The van der Waals surface area contributed by atoms with Gasteiger partial charge < -0.3 is 34.2 Å². The zero-order valence-electron chi connectivity index (χ0n) is 34.8. The van der Waals surface area contributed by atoms with Crippen LogP contribution in [0.15, 0.2) is 30.5 Å². The van der Waals surface area contributed by atoms with E-state index in [0.29, 0.717) is 45.3 Å². The highest BCUT2D eigenvalue weighted by molar-refractivity contribution is 6.03. The standard InChI is InChI=1S/C44H45F6N7O6/c1-5-29-32(46)9-6-24-16-28(62-33(58)19-52-41(60)63-42(2,3)4)17-30(34(24)29)36-35(47)37-31(18-51-36)38(56-20-26-7-8-27(21-56)57(26)39(59)44(48,49)50)54-40(53-37)61-23-43(12-13-43)22-55-14-10-25(45)11-15-55/h1,6,9,16-18,25-27H,7-8,10-15,19-23H2,2-4H3,(H,52,60). The summed E-state index contributed by atoms with van der Waals surface area (Å²) in [6.45, 7) is 6.27. The van der Waals surface area contributed by atoms with Crippen molar-refractivity contribution < 1.29 is 54.9 Å². The topological polar surface area (TPSA) is 139 Å². The number of carbonyl (C=O) groups is 3. The molecular weight excluding hydrogens is 837 g/mol. The SMILES string of the molecule is C#Cc1c(F)ccc2cc(OC(=O)CNC(=O)OC(C)(C)C)cc(-c3ncc4c(N5CC6CCC(C5)N6C(=O)C(F)(F)F)nc(OCC5(CN6CCC(F)CC6)CC5)nc4c3F)c12. The van der Waals surface area contributed by atoms with E-state index in [1.165, 1.54) is 24.4 Å². The Morgan fingerprint density at radius 3 is 2.33 bits per heavy atom. The van der Waals surface area contributed by atoms with Crippen molar-refractivity contribution in [1.29, 1.82) is 0 Å². The van der Waals surface area contributed by atoms with E-state index in [1.54, 1.807) is 25.7 Å². The molecule has 19 heteroatoms.